The van der Waals surface area contributed by atoms with Crippen molar-refractivity contribution in [3.63, 3.8) is 0 Å². The Morgan fingerprint density at radius 2 is 2.00 bits per heavy atom. The monoisotopic (exact) mass is 404 g/mol. The van der Waals surface area contributed by atoms with Gasteiger partial charge in [-0.1, -0.05) is 17.7 Å². The molecule has 148 valence electrons. The minimum absolute atomic E-state index is 0.0917. The zero-order valence-electron chi connectivity index (χ0n) is 15.6. The molecule has 0 aliphatic carbocycles. The van der Waals surface area contributed by atoms with E-state index in [0.717, 1.165) is 24.3 Å². The second-order valence-corrected chi connectivity index (χ2v) is 8.05. The van der Waals surface area contributed by atoms with E-state index < -0.39 is 10.0 Å². The predicted molar refractivity (Wildman–Crippen MR) is 108 cm³/mol. The largest absolute Gasteiger partial charge is 0.497 e. The molecule has 9 heteroatoms. The standard InChI is InChI=1S/C17H29ClN4O3S/c1-4-19-17(20-10-6-11-22-26(23,24)5-2)21-12-9-14-7-8-15(25-3)13-16(14)18/h7-8,13,22H,4-6,9-12H2,1-3H3,(H2,19,20,21). The summed E-state index contributed by atoms with van der Waals surface area (Å²) in [6.07, 6.45) is 1.39. The fraction of sp³-hybridized carbons (Fsp3) is 0.588. The molecule has 0 spiro atoms. The first kappa shape index (κ1) is 22.5. The number of nitrogens with one attached hydrogen (secondary N) is 3. The molecule has 1 rings (SSSR count). The Labute approximate surface area is 161 Å². The SMILES string of the molecule is CCNC(=NCCCNS(=O)(=O)CC)NCCc1ccc(OC)cc1Cl. The van der Waals surface area contributed by atoms with Crippen molar-refractivity contribution in [2.24, 2.45) is 4.99 Å². The molecule has 3 N–H and O–H groups in total. The Bertz CT molecular complexity index is 681. The highest BCUT2D eigenvalue weighted by atomic mass is 35.5. The molecule has 0 aromatic heterocycles. The van der Waals surface area contributed by atoms with Gasteiger partial charge in [-0.05, 0) is 44.4 Å². The van der Waals surface area contributed by atoms with Crippen LogP contribution in [0.3, 0.4) is 0 Å². The Morgan fingerprint density at radius 3 is 2.62 bits per heavy atom. The summed E-state index contributed by atoms with van der Waals surface area (Å²) < 4.78 is 30.4. The van der Waals surface area contributed by atoms with E-state index in [4.69, 9.17) is 16.3 Å². The van der Waals surface area contributed by atoms with E-state index in [2.05, 4.69) is 20.3 Å². The van der Waals surface area contributed by atoms with Crippen LogP contribution >= 0.6 is 11.6 Å². The first-order chi connectivity index (χ1) is 12.4. The minimum Gasteiger partial charge on any atom is -0.497 e. The molecule has 0 fully saturated rings. The van der Waals surface area contributed by atoms with Crippen LogP contribution < -0.4 is 20.1 Å². The van der Waals surface area contributed by atoms with Crippen molar-refractivity contribution in [1.82, 2.24) is 15.4 Å². The van der Waals surface area contributed by atoms with Crippen LogP contribution in [0.5, 0.6) is 5.75 Å². The Morgan fingerprint density at radius 1 is 1.23 bits per heavy atom. The minimum atomic E-state index is -3.14. The highest BCUT2D eigenvalue weighted by Gasteiger charge is 2.05. The molecule has 1 aromatic rings. The fourth-order valence-corrected chi connectivity index (χ4v) is 3.04. The van der Waals surface area contributed by atoms with Gasteiger partial charge >= 0.3 is 0 Å². The average Bonchev–Trinajstić information content (AvgIpc) is 2.62. The third kappa shape index (κ3) is 8.73. The number of rotatable bonds is 11. The summed E-state index contributed by atoms with van der Waals surface area (Å²) >= 11 is 6.24. The number of guanidine groups is 1. The molecule has 0 unspecified atom stereocenters. The van der Waals surface area contributed by atoms with Gasteiger partial charge < -0.3 is 15.4 Å². The van der Waals surface area contributed by atoms with Crippen LogP contribution in [0.1, 0.15) is 25.8 Å². The summed E-state index contributed by atoms with van der Waals surface area (Å²) in [6.45, 7) is 5.96. The van der Waals surface area contributed by atoms with Gasteiger partial charge in [0.1, 0.15) is 5.75 Å². The van der Waals surface area contributed by atoms with Crippen LogP contribution in [-0.4, -0.2) is 53.4 Å². The number of ether oxygens (including phenoxy) is 1. The summed E-state index contributed by atoms with van der Waals surface area (Å²) in [5.74, 6) is 1.53. The molecule has 1 aromatic carbocycles. The maximum absolute atomic E-state index is 11.4. The highest BCUT2D eigenvalue weighted by molar-refractivity contribution is 7.89. The van der Waals surface area contributed by atoms with Crippen molar-refractivity contribution in [2.45, 2.75) is 26.7 Å². The number of hydrogen-bond donors (Lipinski definition) is 3. The van der Waals surface area contributed by atoms with Crippen LogP contribution in [0.4, 0.5) is 0 Å². The highest BCUT2D eigenvalue weighted by Crippen LogP contribution is 2.22. The molecule has 0 aliphatic heterocycles. The molecule has 7 nitrogen and oxygen atoms in total. The van der Waals surface area contributed by atoms with Crippen molar-refractivity contribution in [2.75, 3.05) is 39.0 Å². The Kier molecular flexibility index (Phi) is 10.4. The van der Waals surface area contributed by atoms with E-state index in [0.29, 0.717) is 37.0 Å². The molecule has 0 atom stereocenters. The van der Waals surface area contributed by atoms with Gasteiger partial charge in [0.15, 0.2) is 5.96 Å². The topological polar surface area (TPSA) is 91.8 Å². The van der Waals surface area contributed by atoms with Gasteiger partial charge in [0.25, 0.3) is 0 Å². The molecule has 26 heavy (non-hydrogen) atoms. The second-order valence-electron chi connectivity index (χ2n) is 5.55. The normalized spacial score (nSPS) is 12.1. The van der Waals surface area contributed by atoms with Crippen LogP contribution in [0.25, 0.3) is 0 Å². The third-order valence-electron chi connectivity index (χ3n) is 3.60. The molecular weight excluding hydrogens is 376 g/mol. The summed E-state index contributed by atoms with van der Waals surface area (Å²) in [7, 11) is -1.53. The number of benzene rings is 1. The smallest absolute Gasteiger partial charge is 0.211 e. The Hall–Kier alpha value is -1.51. The molecule has 0 aliphatic rings. The lowest BCUT2D eigenvalue weighted by atomic mass is 10.1. The van der Waals surface area contributed by atoms with E-state index in [1.165, 1.54) is 0 Å². The van der Waals surface area contributed by atoms with Gasteiger partial charge in [-0.3, -0.25) is 4.99 Å². The molecule has 0 bridgehead atoms. The van der Waals surface area contributed by atoms with Gasteiger partial charge in [0.05, 0.1) is 12.9 Å². The summed E-state index contributed by atoms with van der Waals surface area (Å²) in [4.78, 5) is 4.45. The first-order valence-electron chi connectivity index (χ1n) is 8.73. The quantitative estimate of drug-likeness (QED) is 0.297. The maximum Gasteiger partial charge on any atom is 0.211 e. The number of aliphatic imine (C=N–C) groups is 1. The number of nitrogens with zero attached hydrogens (tertiary/aromatic N) is 1. The lowest BCUT2D eigenvalue weighted by Crippen LogP contribution is -2.38. The second kappa shape index (κ2) is 12.0. The number of hydrogen-bond acceptors (Lipinski definition) is 4. The van der Waals surface area contributed by atoms with Gasteiger partial charge in [-0.25, -0.2) is 13.1 Å². The lowest BCUT2D eigenvalue weighted by molar-refractivity contribution is 0.414. The van der Waals surface area contributed by atoms with E-state index in [9.17, 15) is 8.42 Å². The molecule has 0 saturated heterocycles. The fourth-order valence-electron chi connectivity index (χ4n) is 2.11. The van der Waals surface area contributed by atoms with Crippen LogP contribution in [-0.2, 0) is 16.4 Å². The third-order valence-corrected chi connectivity index (χ3v) is 5.35. The molecular formula is C17H29ClN4O3S. The van der Waals surface area contributed by atoms with Crippen LogP contribution in [0.2, 0.25) is 5.02 Å². The molecule has 0 heterocycles. The summed E-state index contributed by atoms with van der Waals surface area (Å²) in [5, 5.41) is 7.10. The van der Waals surface area contributed by atoms with Gasteiger partial charge in [-0.15, -0.1) is 0 Å². The maximum atomic E-state index is 11.4. The zero-order valence-corrected chi connectivity index (χ0v) is 17.2. The van der Waals surface area contributed by atoms with Crippen LogP contribution in [0, 0.1) is 0 Å². The summed E-state index contributed by atoms with van der Waals surface area (Å²) in [5.41, 5.74) is 1.03. The van der Waals surface area contributed by atoms with Gasteiger partial charge in [0, 0.05) is 31.2 Å². The average molecular weight is 405 g/mol. The number of sulfonamides is 1. The molecule has 0 amide bonds. The van der Waals surface area contributed by atoms with Gasteiger partial charge in [0.2, 0.25) is 10.0 Å². The zero-order chi connectivity index (χ0) is 19.4. The number of halogens is 1. The number of methoxy groups -OCH3 is 1. The first-order valence-corrected chi connectivity index (χ1v) is 10.8. The lowest BCUT2D eigenvalue weighted by Gasteiger charge is -2.12. The summed E-state index contributed by atoms with van der Waals surface area (Å²) in [6, 6.07) is 5.64. The van der Waals surface area contributed by atoms with E-state index >= 15 is 0 Å². The van der Waals surface area contributed by atoms with Crippen molar-refractivity contribution < 1.29 is 13.2 Å². The Balaban J connectivity index is 2.42. The predicted octanol–water partition coefficient (Wildman–Crippen LogP) is 1.78. The van der Waals surface area contributed by atoms with Crippen molar-refractivity contribution in [3.05, 3.63) is 28.8 Å². The van der Waals surface area contributed by atoms with Crippen molar-refractivity contribution in [1.29, 1.82) is 0 Å². The van der Waals surface area contributed by atoms with E-state index in [-0.39, 0.29) is 5.75 Å². The molecule has 0 saturated carbocycles. The van der Waals surface area contributed by atoms with Crippen molar-refractivity contribution >= 4 is 27.6 Å². The van der Waals surface area contributed by atoms with Gasteiger partial charge in [-0.2, -0.15) is 0 Å². The van der Waals surface area contributed by atoms with E-state index in [1.54, 1.807) is 20.1 Å². The van der Waals surface area contributed by atoms with Crippen molar-refractivity contribution in [3.8, 4) is 5.75 Å². The van der Waals surface area contributed by atoms with Crippen LogP contribution in [0.15, 0.2) is 23.2 Å². The van der Waals surface area contributed by atoms with E-state index in [1.807, 2.05) is 19.1 Å². The molecule has 0 radical (unpaired) electrons.